The average Bonchev–Trinajstić information content (AvgIpc) is 3.03. The van der Waals surface area contributed by atoms with Crippen molar-refractivity contribution in [2.75, 3.05) is 11.9 Å². The standard InChI is InChI=1S/C24H18N2O3S2/c27-22(25-18-9-3-1-4-10-18)16-26-23(28)21(31-24(26)30)15-17-8-7-13-20(14-17)29-19-11-5-2-6-12-19/h1-15H,16H2,(H,25,27)/b21-15-. The minimum atomic E-state index is -0.304. The van der Waals surface area contributed by atoms with Crippen LogP contribution in [0.25, 0.3) is 6.08 Å². The second-order valence-electron chi connectivity index (χ2n) is 6.67. The molecule has 31 heavy (non-hydrogen) atoms. The zero-order valence-corrected chi connectivity index (χ0v) is 18.0. The quantitative estimate of drug-likeness (QED) is 0.410. The largest absolute Gasteiger partial charge is 0.457 e. The number of nitrogens with one attached hydrogen (secondary N) is 1. The predicted octanol–water partition coefficient (Wildman–Crippen LogP) is 5.32. The van der Waals surface area contributed by atoms with Gasteiger partial charge in [-0.1, -0.05) is 72.5 Å². The van der Waals surface area contributed by atoms with Gasteiger partial charge in [0.2, 0.25) is 5.91 Å². The van der Waals surface area contributed by atoms with Gasteiger partial charge in [0.1, 0.15) is 22.4 Å². The fraction of sp³-hybridized carbons (Fsp3) is 0.0417. The number of carbonyl (C=O) groups excluding carboxylic acids is 2. The van der Waals surface area contributed by atoms with E-state index in [9.17, 15) is 9.59 Å². The third kappa shape index (κ3) is 5.39. The van der Waals surface area contributed by atoms with Crippen LogP contribution in [-0.2, 0) is 9.59 Å². The molecule has 1 saturated heterocycles. The van der Waals surface area contributed by atoms with Crippen molar-refractivity contribution in [2.45, 2.75) is 0 Å². The number of ether oxygens (including phenoxy) is 1. The first-order valence-corrected chi connectivity index (χ1v) is 10.7. The van der Waals surface area contributed by atoms with Crippen molar-refractivity contribution in [3.05, 3.63) is 95.4 Å². The molecule has 154 valence electrons. The van der Waals surface area contributed by atoms with Crippen LogP contribution in [0.5, 0.6) is 11.5 Å². The fourth-order valence-electron chi connectivity index (χ4n) is 2.95. The van der Waals surface area contributed by atoms with Gasteiger partial charge in [0.25, 0.3) is 5.91 Å². The molecule has 0 radical (unpaired) electrons. The maximum Gasteiger partial charge on any atom is 0.266 e. The first kappa shape index (κ1) is 20.8. The minimum Gasteiger partial charge on any atom is -0.457 e. The lowest BCUT2D eigenvalue weighted by atomic mass is 10.2. The molecule has 3 aromatic carbocycles. The fourth-order valence-corrected chi connectivity index (χ4v) is 4.20. The Labute approximate surface area is 189 Å². The molecule has 1 N–H and O–H groups in total. The van der Waals surface area contributed by atoms with Gasteiger partial charge in [0.15, 0.2) is 0 Å². The Hall–Kier alpha value is -3.42. The van der Waals surface area contributed by atoms with Gasteiger partial charge >= 0.3 is 0 Å². The number of rotatable bonds is 6. The normalized spacial score (nSPS) is 14.7. The molecule has 1 aliphatic heterocycles. The third-order valence-electron chi connectivity index (χ3n) is 4.37. The van der Waals surface area contributed by atoms with E-state index >= 15 is 0 Å². The predicted molar refractivity (Wildman–Crippen MR) is 128 cm³/mol. The number of hydrogen-bond acceptors (Lipinski definition) is 5. The van der Waals surface area contributed by atoms with Crippen LogP contribution in [0.1, 0.15) is 5.56 Å². The average molecular weight is 447 g/mol. The Balaban J connectivity index is 1.44. The molecular weight excluding hydrogens is 428 g/mol. The van der Waals surface area contributed by atoms with Crippen LogP contribution in [-0.4, -0.2) is 27.6 Å². The summed E-state index contributed by atoms with van der Waals surface area (Å²) in [6, 6.07) is 26.0. The maximum atomic E-state index is 12.8. The highest BCUT2D eigenvalue weighted by molar-refractivity contribution is 8.26. The van der Waals surface area contributed by atoms with E-state index < -0.39 is 0 Å². The SMILES string of the molecule is O=C(CN1C(=O)/C(=C/c2cccc(Oc3ccccc3)c2)SC1=S)Nc1ccccc1. The number of benzene rings is 3. The van der Waals surface area contributed by atoms with Gasteiger partial charge in [-0.3, -0.25) is 14.5 Å². The van der Waals surface area contributed by atoms with E-state index in [-0.39, 0.29) is 18.4 Å². The zero-order chi connectivity index (χ0) is 21.6. The number of nitrogens with zero attached hydrogens (tertiary/aromatic N) is 1. The van der Waals surface area contributed by atoms with Crippen molar-refractivity contribution < 1.29 is 14.3 Å². The highest BCUT2D eigenvalue weighted by Gasteiger charge is 2.33. The van der Waals surface area contributed by atoms with Crippen LogP contribution >= 0.6 is 24.0 Å². The van der Waals surface area contributed by atoms with E-state index in [1.54, 1.807) is 18.2 Å². The van der Waals surface area contributed by atoms with Crippen molar-refractivity contribution in [1.82, 2.24) is 4.90 Å². The Morgan fingerprint density at radius 1 is 0.968 bits per heavy atom. The number of para-hydroxylation sites is 2. The van der Waals surface area contributed by atoms with Gasteiger partial charge < -0.3 is 10.1 Å². The van der Waals surface area contributed by atoms with Gasteiger partial charge in [-0.25, -0.2) is 0 Å². The summed E-state index contributed by atoms with van der Waals surface area (Å²) in [5.74, 6) is 0.808. The van der Waals surface area contributed by atoms with Crippen molar-refractivity contribution in [3.63, 3.8) is 0 Å². The molecule has 7 heteroatoms. The monoisotopic (exact) mass is 446 g/mol. The minimum absolute atomic E-state index is 0.131. The molecule has 1 fully saturated rings. The molecule has 0 saturated carbocycles. The van der Waals surface area contributed by atoms with Crippen LogP contribution < -0.4 is 10.1 Å². The molecule has 1 aliphatic rings. The molecule has 0 bridgehead atoms. The van der Waals surface area contributed by atoms with Crippen molar-refractivity contribution in [2.24, 2.45) is 0 Å². The van der Waals surface area contributed by atoms with Crippen LogP contribution in [0.4, 0.5) is 5.69 Å². The molecule has 0 unspecified atom stereocenters. The van der Waals surface area contributed by atoms with E-state index in [4.69, 9.17) is 17.0 Å². The highest BCUT2D eigenvalue weighted by Crippen LogP contribution is 2.33. The molecule has 0 atom stereocenters. The van der Waals surface area contributed by atoms with Crippen molar-refractivity contribution in [1.29, 1.82) is 0 Å². The molecule has 5 nitrogen and oxygen atoms in total. The first-order chi connectivity index (χ1) is 15.1. The second kappa shape index (κ2) is 9.59. The first-order valence-electron chi connectivity index (χ1n) is 9.52. The Kier molecular flexibility index (Phi) is 6.45. The molecular formula is C24H18N2O3S2. The number of amides is 2. The van der Waals surface area contributed by atoms with Crippen molar-refractivity contribution in [3.8, 4) is 11.5 Å². The molecule has 0 aliphatic carbocycles. The molecule has 3 aromatic rings. The third-order valence-corrected chi connectivity index (χ3v) is 5.75. The number of thioether (sulfide) groups is 1. The van der Waals surface area contributed by atoms with Crippen LogP contribution in [0.2, 0.25) is 0 Å². The lowest BCUT2D eigenvalue weighted by Gasteiger charge is -2.14. The van der Waals surface area contributed by atoms with Gasteiger partial charge in [-0.2, -0.15) is 0 Å². The van der Waals surface area contributed by atoms with E-state index in [0.717, 1.165) is 11.3 Å². The lowest BCUT2D eigenvalue weighted by molar-refractivity contribution is -0.126. The molecule has 1 heterocycles. The Morgan fingerprint density at radius 2 is 1.65 bits per heavy atom. The molecule has 0 spiro atoms. The van der Waals surface area contributed by atoms with Gasteiger partial charge in [0.05, 0.1) is 4.91 Å². The number of carbonyl (C=O) groups is 2. The zero-order valence-electron chi connectivity index (χ0n) is 16.4. The number of anilines is 1. The molecule has 2 amide bonds. The summed E-state index contributed by atoms with van der Waals surface area (Å²) >= 11 is 6.51. The highest BCUT2D eigenvalue weighted by atomic mass is 32.2. The van der Waals surface area contributed by atoms with E-state index in [1.807, 2.05) is 72.8 Å². The summed E-state index contributed by atoms with van der Waals surface area (Å²) in [4.78, 5) is 26.9. The topological polar surface area (TPSA) is 58.6 Å². The smallest absolute Gasteiger partial charge is 0.266 e. The van der Waals surface area contributed by atoms with Crippen LogP contribution in [0.15, 0.2) is 89.8 Å². The molecule has 0 aromatic heterocycles. The summed E-state index contributed by atoms with van der Waals surface area (Å²) < 4.78 is 6.21. The maximum absolute atomic E-state index is 12.8. The summed E-state index contributed by atoms with van der Waals surface area (Å²) in [5.41, 5.74) is 1.48. The Morgan fingerprint density at radius 3 is 2.39 bits per heavy atom. The lowest BCUT2D eigenvalue weighted by Crippen LogP contribution is -2.36. The van der Waals surface area contributed by atoms with E-state index in [2.05, 4.69) is 5.32 Å². The Bertz CT molecular complexity index is 1150. The summed E-state index contributed by atoms with van der Waals surface area (Å²) in [7, 11) is 0. The van der Waals surface area contributed by atoms with Crippen molar-refractivity contribution >= 4 is 51.9 Å². The number of thiocarbonyl (C=S) groups is 1. The second-order valence-corrected chi connectivity index (χ2v) is 8.35. The molecule has 4 rings (SSSR count). The van der Waals surface area contributed by atoms with Gasteiger partial charge in [-0.15, -0.1) is 0 Å². The summed E-state index contributed by atoms with van der Waals surface area (Å²) in [6.07, 6.45) is 1.76. The van der Waals surface area contributed by atoms with E-state index in [1.165, 1.54) is 16.7 Å². The summed E-state index contributed by atoms with van der Waals surface area (Å²) in [5, 5.41) is 2.77. The van der Waals surface area contributed by atoms with E-state index in [0.29, 0.717) is 20.7 Å². The van der Waals surface area contributed by atoms with Crippen LogP contribution in [0.3, 0.4) is 0 Å². The number of hydrogen-bond donors (Lipinski definition) is 1. The van der Waals surface area contributed by atoms with Crippen LogP contribution in [0, 0.1) is 0 Å². The summed E-state index contributed by atoms with van der Waals surface area (Å²) in [6.45, 7) is -0.131. The van der Waals surface area contributed by atoms with Gasteiger partial charge in [0, 0.05) is 5.69 Å². The van der Waals surface area contributed by atoms with Gasteiger partial charge in [-0.05, 0) is 48.0 Å².